The van der Waals surface area contributed by atoms with Crippen molar-refractivity contribution in [2.24, 2.45) is 0 Å². The molecule has 0 atom stereocenters. The zero-order valence-electron chi connectivity index (χ0n) is 17.4. The Kier molecular flexibility index (Phi) is 5.86. The molecule has 0 unspecified atom stereocenters. The van der Waals surface area contributed by atoms with Crippen LogP contribution < -0.4 is 10.6 Å². The molecule has 0 aliphatic heterocycles. The van der Waals surface area contributed by atoms with Crippen LogP contribution in [0.25, 0.3) is 16.7 Å². The SMILES string of the molecule is Cc1nc2ccc(C(=O)NCCNC(=O)c3cn(-c4ccccc4)nc3C(F)(F)F)cc2[nH]1. The second-order valence-electron chi connectivity index (χ2n) is 7.24. The molecular formula is C22H19F3N6O2. The van der Waals surface area contributed by atoms with Crippen LogP contribution in [0.4, 0.5) is 13.2 Å². The maximum absolute atomic E-state index is 13.4. The van der Waals surface area contributed by atoms with Crippen LogP contribution >= 0.6 is 0 Å². The lowest BCUT2D eigenvalue weighted by molar-refractivity contribution is -0.141. The molecule has 0 saturated carbocycles. The first-order valence-corrected chi connectivity index (χ1v) is 9.97. The quantitative estimate of drug-likeness (QED) is 0.388. The van der Waals surface area contributed by atoms with Gasteiger partial charge in [0.2, 0.25) is 0 Å². The van der Waals surface area contributed by atoms with Crippen molar-refractivity contribution in [3.8, 4) is 5.69 Å². The summed E-state index contributed by atoms with van der Waals surface area (Å²) in [6.07, 6.45) is -3.77. The number of aromatic amines is 1. The number of carbonyl (C=O) groups is 2. The predicted molar refractivity (Wildman–Crippen MR) is 114 cm³/mol. The second-order valence-corrected chi connectivity index (χ2v) is 7.24. The molecule has 8 nitrogen and oxygen atoms in total. The molecule has 0 spiro atoms. The van der Waals surface area contributed by atoms with Gasteiger partial charge in [0.25, 0.3) is 11.8 Å². The fourth-order valence-electron chi connectivity index (χ4n) is 3.29. The molecule has 4 rings (SSSR count). The van der Waals surface area contributed by atoms with Gasteiger partial charge in [0, 0.05) is 24.8 Å². The van der Waals surface area contributed by atoms with E-state index in [2.05, 4.69) is 25.7 Å². The van der Waals surface area contributed by atoms with Gasteiger partial charge in [0.15, 0.2) is 5.69 Å². The van der Waals surface area contributed by atoms with Gasteiger partial charge in [-0.15, -0.1) is 0 Å². The van der Waals surface area contributed by atoms with Crippen molar-refractivity contribution in [2.45, 2.75) is 13.1 Å². The molecule has 4 aromatic rings. The molecule has 2 amide bonds. The predicted octanol–water partition coefficient (Wildman–Crippen LogP) is 3.24. The van der Waals surface area contributed by atoms with Gasteiger partial charge in [-0.2, -0.15) is 18.3 Å². The van der Waals surface area contributed by atoms with E-state index in [1.807, 2.05) is 0 Å². The average Bonchev–Trinajstić information content (AvgIpc) is 3.39. The Labute approximate surface area is 185 Å². The van der Waals surface area contributed by atoms with Crippen LogP contribution in [-0.2, 0) is 6.18 Å². The molecule has 0 aliphatic carbocycles. The molecule has 11 heteroatoms. The topological polar surface area (TPSA) is 105 Å². The number of benzene rings is 2. The van der Waals surface area contributed by atoms with Crippen LogP contribution in [0.2, 0.25) is 0 Å². The van der Waals surface area contributed by atoms with Gasteiger partial charge in [-0.3, -0.25) is 9.59 Å². The van der Waals surface area contributed by atoms with Crippen molar-refractivity contribution in [3.05, 3.63) is 77.4 Å². The minimum Gasteiger partial charge on any atom is -0.350 e. The van der Waals surface area contributed by atoms with E-state index >= 15 is 0 Å². The Morgan fingerprint density at radius 1 is 1.03 bits per heavy atom. The molecule has 2 aromatic heterocycles. The van der Waals surface area contributed by atoms with E-state index in [9.17, 15) is 22.8 Å². The Hall–Kier alpha value is -4.15. The van der Waals surface area contributed by atoms with Crippen molar-refractivity contribution in [1.82, 2.24) is 30.4 Å². The third kappa shape index (κ3) is 4.86. The monoisotopic (exact) mass is 456 g/mol. The van der Waals surface area contributed by atoms with Crippen LogP contribution in [0.1, 0.15) is 32.2 Å². The smallest absolute Gasteiger partial charge is 0.350 e. The first kappa shape index (κ1) is 22.1. The number of para-hydroxylation sites is 1. The van der Waals surface area contributed by atoms with E-state index in [0.29, 0.717) is 16.8 Å². The molecule has 0 radical (unpaired) electrons. The standard InChI is InChI=1S/C22H19F3N6O2/c1-13-28-17-8-7-14(11-18(17)29-13)20(32)26-9-10-27-21(33)16-12-31(15-5-3-2-4-6-15)30-19(16)22(23,24)25/h2-8,11-12H,9-10H2,1H3,(H,26,32)(H,27,33)(H,28,29). The molecule has 33 heavy (non-hydrogen) atoms. The lowest BCUT2D eigenvalue weighted by Gasteiger charge is -2.08. The van der Waals surface area contributed by atoms with E-state index in [-0.39, 0.29) is 19.0 Å². The second kappa shape index (κ2) is 8.77. The van der Waals surface area contributed by atoms with Crippen LogP contribution in [0, 0.1) is 6.92 Å². The summed E-state index contributed by atoms with van der Waals surface area (Å²) in [6.45, 7) is 1.76. The summed E-state index contributed by atoms with van der Waals surface area (Å²) >= 11 is 0. The zero-order valence-corrected chi connectivity index (χ0v) is 17.4. The van der Waals surface area contributed by atoms with Gasteiger partial charge in [0.05, 0.1) is 22.3 Å². The number of fused-ring (bicyclic) bond motifs is 1. The highest BCUT2D eigenvalue weighted by atomic mass is 19.4. The highest BCUT2D eigenvalue weighted by molar-refractivity contribution is 5.97. The maximum atomic E-state index is 13.4. The number of amides is 2. The minimum atomic E-state index is -4.80. The summed E-state index contributed by atoms with van der Waals surface area (Å²) in [7, 11) is 0. The molecule has 2 aromatic carbocycles. The lowest BCUT2D eigenvalue weighted by atomic mass is 10.2. The number of alkyl halides is 3. The van der Waals surface area contributed by atoms with Gasteiger partial charge in [-0.25, -0.2) is 9.67 Å². The average molecular weight is 456 g/mol. The summed E-state index contributed by atoms with van der Waals surface area (Å²) in [5.74, 6) is -0.599. The van der Waals surface area contributed by atoms with Gasteiger partial charge >= 0.3 is 6.18 Å². The first-order valence-electron chi connectivity index (χ1n) is 9.97. The normalized spacial score (nSPS) is 11.5. The number of hydrogen-bond donors (Lipinski definition) is 3. The Morgan fingerprint density at radius 3 is 2.42 bits per heavy atom. The van der Waals surface area contributed by atoms with Crippen LogP contribution in [-0.4, -0.2) is 44.7 Å². The first-order chi connectivity index (χ1) is 15.7. The largest absolute Gasteiger partial charge is 0.435 e. The molecule has 2 heterocycles. The number of aromatic nitrogens is 4. The number of halogens is 3. The highest BCUT2D eigenvalue weighted by Gasteiger charge is 2.39. The summed E-state index contributed by atoms with van der Waals surface area (Å²) in [5, 5.41) is 8.56. The lowest BCUT2D eigenvalue weighted by Crippen LogP contribution is -2.35. The highest BCUT2D eigenvalue weighted by Crippen LogP contribution is 2.31. The number of nitrogens with one attached hydrogen (secondary N) is 3. The summed E-state index contributed by atoms with van der Waals surface area (Å²) < 4.78 is 41.2. The zero-order chi connectivity index (χ0) is 23.6. The summed E-state index contributed by atoms with van der Waals surface area (Å²) in [6, 6.07) is 13.1. The fourth-order valence-corrected chi connectivity index (χ4v) is 3.29. The van der Waals surface area contributed by atoms with Crippen molar-refractivity contribution >= 4 is 22.8 Å². The van der Waals surface area contributed by atoms with Crippen molar-refractivity contribution < 1.29 is 22.8 Å². The van der Waals surface area contributed by atoms with E-state index in [1.54, 1.807) is 55.5 Å². The van der Waals surface area contributed by atoms with E-state index in [4.69, 9.17) is 0 Å². The molecule has 0 bridgehead atoms. The Morgan fingerprint density at radius 2 is 1.73 bits per heavy atom. The fraction of sp³-hybridized carbons (Fsp3) is 0.182. The Bertz CT molecular complexity index is 1310. The number of aryl methyl sites for hydroxylation is 1. The third-order valence-electron chi connectivity index (χ3n) is 4.81. The number of hydrogen-bond acceptors (Lipinski definition) is 4. The molecule has 0 saturated heterocycles. The Balaban J connectivity index is 1.39. The molecular weight excluding hydrogens is 437 g/mol. The maximum Gasteiger partial charge on any atom is 0.435 e. The molecule has 0 aliphatic rings. The van der Waals surface area contributed by atoms with E-state index in [1.165, 1.54) is 0 Å². The summed E-state index contributed by atoms with van der Waals surface area (Å²) in [5.41, 5.74) is 0.338. The molecule has 170 valence electrons. The number of imidazole rings is 1. The van der Waals surface area contributed by atoms with Gasteiger partial charge in [-0.05, 0) is 37.3 Å². The van der Waals surface area contributed by atoms with Crippen LogP contribution in [0.15, 0.2) is 54.7 Å². The molecule has 3 N–H and O–H groups in total. The number of carbonyl (C=O) groups excluding carboxylic acids is 2. The van der Waals surface area contributed by atoms with Crippen molar-refractivity contribution in [2.75, 3.05) is 13.1 Å². The van der Waals surface area contributed by atoms with E-state index in [0.717, 1.165) is 22.2 Å². The van der Waals surface area contributed by atoms with Gasteiger partial charge in [-0.1, -0.05) is 18.2 Å². The summed E-state index contributed by atoms with van der Waals surface area (Å²) in [4.78, 5) is 32.1. The minimum absolute atomic E-state index is 0.0266. The number of H-pyrrole nitrogens is 1. The van der Waals surface area contributed by atoms with Crippen molar-refractivity contribution in [1.29, 1.82) is 0 Å². The molecule has 0 fully saturated rings. The van der Waals surface area contributed by atoms with E-state index < -0.39 is 23.3 Å². The van der Waals surface area contributed by atoms with Crippen molar-refractivity contribution in [3.63, 3.8) is 0 Å². The van der Waals surface area contributed by atoms with Crippen LogP contribution in [0.3, 0.4) is 0 Å². The third-order valence-corrected chi connectivity index (χ3v) is 4.81. The van der Waals surface area contributed by atoms with Crippen LogP contribution in [0.5, 0.6) is 0 Å². The van der Waals surface area contributed by atoms with Gasteiger partial charge in [0.1, 0.15) is 5.82 Å². The number of nitrogens with zero attached hydrogens (tertiary/aromatic N) is 3. The number of rotatable bonds is 6. The van der Waals surface area contributed by atoms with Gasteiger partial charge < -0.3 is 15.6 Å².